The van der Waals surface area contributed by atoms with Crippen molar-refractivity contribution in [3.63, 3.8) is 0 Å². The molecule has 2 aliphatic rings. The molecule has 2 N–H and O–H groups in total. The third-order valence-corrected chi connectivity index (χ3v) is 6.28. The minimum atomic E-state index is -5.15. The van der Waals surface area contributed by atoms with Gasteiger partial charge in [-0.15, -0.1) is 0 Å². The van der Waals surface area contributed by atoms with Crippen LogP contribution in [0.2, 0.25) is 0 Å². The molecular weight excluding hydrogens is 401 g/mol. The van der Waals surface area contributed by atoms with Crippen LogP contribution >= 0.6 is 0 Å². The number of nitrogens with one attached hydrogen (secondary N) is 2. The molecule has 0 aromatic rings. The number of nitrogens with zero attached hydrogens (tertiary/aromatic N) is 2. The van der Waals surface area contributed by atoms with E-state index in [2.05, 4.69) is 11.9 Å². The molecule has 5 atom stereocenters. The Kier molecular flexibility index (Phi) is 6.54. The first-order valence-electron chi connectivity index (χ1n) is 9.86. The third-order valence-electron chi connectivity index (χ3n) is 6.28. The molecule has 7 nitrogen and oxygen atoms in total. The number of carbonyl (C=O) groups excluding carboxylic acids is 3. The zero-order valence-electron chi connectivity index (χ0n) is 17.5. The molecule has 0 aromatic carbocycles. The molecular formula is C20H27F3N4O3. The van der Waals surface area contributed by atoms with Crippen molar-refractivity contribution in [3.8, 4) is 6.07 Å². The van der Waals surface area contributed by atoms with Crippen molar-refractivity contribution < 1.29 is 27.6 Å². The van der Waals surface area contributed by atoms with Gasteiger partial charge in [0.15, 0.2) is 0 Å². The number of alkyl halides is 3. The van der Waals surface area contributed by atoms with Crippen LogP contribution in [0, 0.1) is 28.6 Å². The first-order valence-corrected chi connectivity index (χ1v) is 9.86. The van der Waals surface area contributed by atoms with Crippen molar-refractivity contribution in [2.75, 3.05) is 6.54 Å². The predicted octanol–water partition coefficient (Wildman–Crippen LogP) is 1.90. The van der Waals surface area contributed by atoms with Gasteiger partial charge in [0, 0.05) is 6.54 Å². The van der Waals surface area contributed by atoms with E-state index in [1.807, 2.05) is 19.9 Å². The highest BCUT2D eigenvalue weighted by molar-refractivity contribution is 5.96. The molecule has 166 valence electrons. The van der Waals surface area contributed by atoms with Gasteiger partial charge in [-0.1, -0.05) is 34.3 Å². The summed E-state index contributed by atoms with van der Waals surface area (Å²) in [6, 6.07) is -1.28. The van der Waals surface area contributed by atoms with E-state index in [-0.39, 0.29) is 35.8 Å². The van der Waals surface area contributed by atoms with E-state index in [9.17, 15) is 27.6 Å². The van der Waals surface area contributed by atoms with Gasteiger partial charge >= 0.3 is 12.1 Å². The third kappa shape index (κ3) is 4.30. The Morgan fingerprint density at radius 3 is 2.33 bits per heavy atom. The van der Waals surface area contributed by atoms with Gasteiger partial charge in [0.2, 0.25) is 11.8 Å². The smallest absolute Gasteiger partial charge is 0.339 e. The number of rotatable bonds is 7. The van der Waals surface area contributed by atoms with Crippen molar-refractivity contribution in [1.29, 1.82) is 5.26 Å². The number of amides is 3. The summed E-state index contributed by atoms with van der Waals surface area (Å²) >= 11 is 0. The molecule has 2 rings (SSSR count). The maximum absolute atomic E-state index is 13.2. The summed E-state index contributed by atoms with van der Waals surface area (Å²) in [5.41, 5.74) is -0.0976. The molecule has 1 heterocycles. The van der Waals surface area contributed by atoms with Crippen molar-refractivity contribution in [2.24, 2.45) is 17.3 Å². The molecule has 0 unspecified atom stereocenters. The van der Waals surface area contributed by atoms with Crippen molar-refractivity contribution >= 4 is 17.7 Å². The van der Waals surface area contributed by atoms with Crippen molar-refractivity contribution in [1.82, 2.24) is 15.5 Å². The fourth-order valence-electron chi connectivity index (χ4n) is 4.22. The molecule has 0 radical (unpaired) electrons. The van der Waals surface area contributed by atoms with Gasteiger partial charge in [-0.2, -0.15) is 18.4 Å². The molecule has 30 heavy (non-hydrogen) atoms. The van der Waals surface area contributed by atoms with E-state index >= 15 is 0 Å². The van der Waals surface area contributed by atoms with Crippen LogP contribution in [0.4, 0.5) is 13.2 Å². The van der Waals surface area contributed by atoms with E-state index in [0.717, 1.165) is 0 Å². The largest absolute Gasteiger partial charge is 0.471 e. The Labute approximate surface area is 173 Å². The minimum absolute atomic E-state index is 0.00761. The molecule has 0 aromatic heterocycles. The van der Waals surface area contributed by atoms with E-state index < -0.39 is 42.0 Å². The first kappa shape index (κ1) is 23.7. The Morgan fingerprint density at radius 2 is 1.87 bits per heavy atom. The quantitative estimate of drug-likeness (QED) is 0.605. The predicted molar refractivity (Wildman–Crippen MR) is 102 cm³/mol. The molecule has 0 bridgehead atoms. The zero-order chi connectivity index (χ0) is 23.0. The number of carbonyl (C=O) groups is 3. The summed E-state index contributed by atoms with van der Waals surface area (Å²) in [4.78, 5) is 38.8. The standard InChI is InChI=1S/C20H27F3N4O3/c1-6-10(3)14(26-18(30)20(21,22)23)17(29)27-9-12-13(19(12,4)5)15(27)16(28)25-11(7-2)8-24/h11-15H,3,6-7,9H2,1-2,4-5H3,(H,25,28)(H,26,30)/t11-,12-,13-,14-,15-/m0/s1. The number of likely N-dealkylation sites (tertiary alicyclic amines) is 1. The van der Waals surface area contributed by atoms with Crippen molar-refractivity contribution in [2.45, 2.75) is 64.8 Å². The van der Waals surface area contributed by atoms with E-state index in [1.165, 1.54) is 4.90 Å². The van der Waals surface area contributed by atoms with Gasteiger partial charge in [0.25, 0.3) is 0 Å². The van der Waals surface area contributed by atoms with E-state index in [1.54, 1.807) is 19.2 Å². The first-order chi connectivity index (χ1) is 13.8. The van der Waals surface area contributed by atoms with Crippen LogP contribution < -0.4 is 10.6 Å². The molecule has 1 aliphatic heterocycles. The zero-order valence-corrected chi connectivity index (χ0v) is 17.5. The summed E-state index contributed by atoms with van der Waals surface area (Å²) in [6.45, 7) is 11.1. The number of hydrogen-bond acceptors (Lipinski definition) is 4. The maximum Gasteiger partial charge on any atom is 0.471 e. The van der Waals surface area contributed by atoms with Crippen LogP contribution in [-0.2, 0) is 14.4 Å². The van der Waals surface area contributed by atoms with Crippen LogP contribution in [-0.4, -0.2) is 53.5 Å². The highest BCUT2D eigenvalue weighted by Crippen LogP contribution is 2.64. The molecule has 3 amide bonds. The molecule has 0 spiro atoms. The number of piperidine rings is 1. The average Bonchev–Trinajstić information content (AvgIpc) is 3.03. The number of hydrogen-bond donors (Lipinski definition) is 2. The Balaban J connectivity index is 2.30. The van der Waals surface area contributed by atoms with Gasteiger partial charge in [-0.3, -0.25) is 14.4 Å². The second-order valence-electron chi connectivity index (χ2n) is 8.40. The lowest BCUT2D eigenvalue weighted by atomic mass is 9.98. The second-order valence-corrected chi connectivity index (χ2v) is 8.40. The summed E-state index contributed by atoms with van der Waals surface area (Å²) < 4.78 is 38.3. The van der Waals surface area contributed by atoms with Crippen LogP contribution in [0.15, 0.2) is 12.2 Å². The topological polar surface area (TPSA) is 102 Å². The normalized spacial score (nSPS) is 26.1. The van der Waals surface area contributed by atoms with Gasteiger partial charge < -0.3 is 15.5 Å². The Hall–Kier alpha value is -2.57. The molecule has 2 fully saturated rings. The highest BCUT2D eigenvalue weighted by atomic mass is 19.4. The van der Waals surface area contributed by atoms with Gasteiger partial charge in [-0.25, -0.2) is 0 Å². The number of halogens is 3. The van der Waals surface area contributed by atoms with Crippen LogP contribution in [0.3, 0.4) is 0 Å². The molecule has 1 saturated carbocycles. The van der Waals surface area contributed by atoms with Gasteiger partial charge in [-0.05, 0) is 35.7 Å². The molecule has 1 saturated heterocycles. The summed E-state index contributed by atoms with van der Waals surface area (Å²) in [5, 5.41) is 13.4. The fourth-order valence-corrected chi connectivity index (χ4v) is 4.22. The van der Waals surface area contributed by atoms with Crippen LogP contribution in [0.25, 0.3) is 0 Å². The van der Waals surface area contributed by atoms with Crippen molar-refractivity contribution in [3.05, 3.63) is 12.2 Å². The number of nitriles is 1. The van der Waals surface area contributed by atoms with Gasteiger partial charge in [0.1, 0.15) is 18.1 Å². The number of fused-ring (bicyclic) bond motifs is 1. The Bertz CT molecular complexity index is 787. The molecule has 1 aliphatic carbocycles. The lowest BCUT2D eigenvalue weighted by molar-refractivity contribution is -0.174. The van der Waals surface area contributed by atoms with E-state index in [0.29, 0.717) is 6.42 Å². The lowest BCUT2D eigenvalue weighted by Crippen LogP contribution is -2.58. The average molecular weight is 428 g/mol. The molecule has 10 heteroatoms. The van der Waals surface area contributed by atoms with E-state index in [4.69, 9.17) is 5.26 Å². The summed E-state index contributed by atoms with van der Waals surface area (Å²) in [5.74, 6) is -3.72. The van der Waals surface area contributed by atoms with Crippen LogP contribution in [0.5, 0.6) is 0 Å². The van der Waals surface area contributed by atoms with Gasteiger partial charge in [0.05, 0.1) is 6.07 Å². The SMILES string of the molecule is C=C(CC)[C@H](NC(=O)C(F)(F)F)C(=O)N1C[C@H]2[C@@H]([C@H]1C(=O)N[C@H](C#N)CC)C2(C)C. The minimum Gasteiger partial charge on any atom is -0.339 e. The highest BCUT2D eigenvalue weighted by Gasteiger charge is 2.69. The maximum atomic E-state index is 13.2. The Morgan fingerprint density at radius 1 is 1.27 bits per heavy atom. The summed E-state index contributed by atoms with van der Waals surface area (Å²) in [7, 11) is 0. The fraction of sp³-hybridized carbons (Fsp3) is 0.700. The summed E-state index contributed by atoms with van der Waals surface area (Å²) in [6.07, 6.45) is -4.61. The monoisotopic (exact) mass is 428 g/mol. The van der Waals surface area contributed by atoms with Crippen LogP contribution in [0.1, 0.15) is 40.5 Å². The lowest BCUT2D eigenvalue weighted by Gasteiger charge is -2.34. The second kappa shape index (κ2) is 8.28.